The second-order valence-corrected chi connectivity index (χ2v) is 6.35. The van der Waals surface area contributed by atoms with Crippen LogP contribution in [-0.4, -0.2) is 10.4 Å². The Morgan fingerprint density at radius 2 is 2.10 bits per heavy atom. The van der Waals surface area contributed by atoms with E-state index in [0.717, 1.165) is 11.9 Å². The Balaban J connectivity index is 1.68. The highest BCUT2D eigenvalue weighted by atomic mass is 16.4. The second-order valence-electron chi connectivity index (χ2n) is 6.35. The van der Waals surface area contributed by atoms with E-state index < -0.39 is 0 Å². The molecule has 110 valence electrons. The first kappa shape index (κ1) is 12.9. The standard InChI is InChI=1S/C17H19NO3/c1-2-8-18-13-7-6-10(9-14(13)21-17(18)20)16(19)15-11-4-3-5-12(11)15/h6-7,9,11-12,15H,2-5,8H2,1H3. The highest BCUT2D eigenvalue weighted by Crippen LogP contribution is 2.58. The molecule has 0 radical (unpaired) electrons. The molecular formula is C17H19NO3. The molecule has 0 bridgehead atoms. The predicted octanol–water partition coefficient (Wildman–Crippen LogP) is 3.23. The third-order valence-corrected chi connectivity index (χ3v) is 5.11. The number of hydrogen-bond acceptors (Lipinski definition) is 3. The Morgan fingerprint density at radius 3 is 2.81 bits per heavy atom. The number of nitrogens with zero attached hydrogens (tertiary/aromatic N) is 1. The number of oxazole rings is 1. The summed E-state index contributed by atoms with van der Waals surface area (Å²) in [6, 6.07) is 5.44. The lowest BCUT2D eigenvalue weighted by Gasteiger charge is -2.03. The number of ketones is 1. The Labute approximate surface area is 122 Å². The molecule has 0 aliphatic heterocycles. The second kappa shape index (κ2) is 4.58. The molecule has 4 heteroatoms. The van der Waals surface area contributed by atoms with Gasteiger partial charge < -0.3 is 4.42 Å². The van der Waals surface area contributed by atoms with Crippen LogP contribution in [0, 0.1) is 17.8 Å². The monoisotopic (exact) mass is 285 g/mol. The number of Topliss-reactive ketones (excluding diaryl/α,β-unsaturated/α-hetero) is 1. The number of hydrogen-bond donors (Lipinski definition) is 0. The topological polar surface area (TPSA) is 52.2 Å². The first-order chi connectivity index (χ1) is 10.2. The Bertz CT molecular complexity index is 760. The zero-order chi connectivity index (χ0) is 14.6. The van der Waals surface area contributed by atoms with E-state index in [1.54, 1.807) is 10.6 Å². The van der Waals surface area contributed by atoms with Crippen LogP contribution in [0.1, 0.15) is 43.0 Å². The number of carbonyl (C=O) groups excluding carboxylic acids is 1. The van der Waals surface area contributed by atoms with Crippen molar-refractivity contribution in [2.24, 2.45) is 17.8 Å². The largest absolute Gasteiger partial charge is 0.419 e. The number of rotatable bonds is 4. The first-order valence-corrected chi connectivity index (χ1v) is 7.88. The SMILES string of the molecule is CCCn1c(=O)oc2cc(C(=O)C3C4CCCC43)ccc21. The number of fused-ring (bicyclic) bond motifs is 2. The normalized spacial score (nSPS) is 27.0. The smallest absolute Gasteiger partial charge is 0.408 e. The molecule has 0 amide bonds. The van der Waals surface area contributed by atoms with Gasteiger partial charge in [-0.25, -0.2) is 4.79 Å². The maximum atomic E-state index is 12.6. The molecule has 1 heterocycles. The van der Waals surface area contributed by atoms with Crippen molar-refractivity contribution in [1.29, 1.82) is 0 Å². The van der Waals surface area contributed by atoms with E-state index in [9.17, 15) is 9.59 Å². The summed E-state index contributed by atoms with van der Waals surface area (Å²) in [5, 5.41) is 0. The van der Waals surface area contributed by atoms with Crippen molar-refractivity contribution in [2.45, 2.75) is 39.2 Å². The molecule has 1 aromatic carbocycles. The third-order valence-electron chi connectivity index (χ3n) is 5.11. The van der Waals surface area contributed by atoms with E-state index in [-0.39, 0.29) is 17.5 Å². The van der Waals surface area contributed by atoms with Crippen LogP contribution in [0.3, 0.4) is 0 Å². The van der Waals surface area contributed by atoms with Gasteiger partial charge in [0, 0.05) is 18.0 Å². The molecule has 4 nitrogen and oxygen atoms in total. The molecule has 1 aromatic heterocycles. The molecule has 2 aliphatic carbocycles. The fraction of sp³-hybridized carbons (Fsp3) is 0.529. The molecule has 21 heavy (non-hydrogen) atoms. The van der Waals surface area contributed by atoms with Gasteiger partial charge in [-0.2, -0.15) is 0 Å². The van der Waals surface area contributed by atoms with Gasteiger partial charge in [-0.05, 0) is 49.3 Å². The van der Waals surface area contributed by atoms with E-state index in [2.05, 4.69) is 0 Å². The minimum Gasteiger partial charge on any atom is -0.408 e. The quantitative estimate of drug-likeness (QED) is 0.810. The molecule has 0 spiro atoms. The van der Waals surface area contributed by atoms with Crippen molar-refractivity contribution < 1.29 is 9.21 Å². The van der Waals surface area contributed by atoms with Crippen molar-refractivity contribution in [1.82, 2.24) is 4.57 Å². The summed E-state index contributed by atoms with van der Waals surface area (Å²) in [4.78, 5) is 24.4. The van der Waals surface area contributed by atoms with Gasteiger partial charge in [0.1, 0.15) is 0 Å². The van der Waals surface area contributed by atoms with Crippen molar-refractivity contribution in [3.63, 3.8) is 0 Å². The van der Waals surface area contributed by atoms with Crippen LogP contribution in [0.4, 0.5) is 0 Å². The minimum absolute atomic E-state index is 0.223. The zero-order valence-corrected chi connectivity index (χ0v) is 12.2. The first-order valence-electron chi connectivity index (χ1n) is 7.88. The van der Waals surface area contributed by atoms with Crippen LogP contribution in [0.15, 0.2) is 27.4 Å². The van der Waals surface area contributed by atoms with Crippen LogP contribution in [0.5, 0.6) is 0 Å². The summed E-state index contributed by atoms with van der Waals surface area (Å²) in [6.45, 7) is 2.67. The average molecular weight is 285 g/mol. The van der Waals surface area contributed by atoms with Gasteiger partial charge in [0.25, 0.3) is 0 Å². The predicted molar refractivity (Wildman–Crippen MR) is 79.4 cm³/mol. The van der Waals surface area contributed by atoms with E-state index in [1.165, 1.54) is 19.3 Å². The van der Waals surface area contributed by atoms with Gasteiger partial charge in [0.2, 0.25) is 0 Å². The van der Waals surface area contributed by atoms with Crippen molar-refractivity contribution >= 4 is 16.9 Å². The minimum atomic E-state index is -0.334. The van der Waals surface area contributed by atoms with Gasteiger partial charge in [0.15, 0.2) is 11.4 Å². The van der Waals surface area contributed by atoms with E-state index >= 15 is 0 Å². The molecule has 2 aliphatic rings. The van der Waals surface area contributed by atoms with Gasteiger partial charge in [0.05, 0.1) is 5.52 Å². The van der Waals surface area contributed by atoms with Crippen molar-refractivity contribution in [3.8, 4) is 0 Å². The molecule has 2 saturated carbocycles. The summed E-state index contributed by atoms with van der Waals surface area (Å²) < 4.78 is 6.93. The highest BCUT2D eigenvalue weighted by Gasteiger charge is 2.56. The van der Waals surface area contributed by atoms with E-state index in [1.807, 2.05) is 19.1 Å². The summed E-state index contributed by atoms with van der Waals surface area (Å²) in [7, 11) is 0. The van der Waals surface area contributed by atoms with E-state index in [0.29, 0.717) is 29.5 Å². The maximum Gasteiger partial charge on any atom is 0.419 e. The Hall–Kier alpha value is -1.84. The average Bonchev–Trinajstić information content (AvgIpc) is 2.82. The Morgan fingerprint density at radius 1 is 1.33 bits per heavy atom. The van der Waals surface area contributed by atoms with E-state index in [4.69, 9.17) is 4.42 Å². The summed E-state index contributed by atoms with van der Waals surface area (Å²) in [6.07, 6.45) is 4.55. The van der Waals surface area contributed by atoms with Gasteiger partial charge in [-0.1, -0.05) is 13.3 Å². The molecule has 2 fully saturated rings. The molecule has 2 atom stereocenters. The van der Waals surface area contributed by atoms with Gasteiger partial charge in [-0.15, -0.1) is 0 Å². The van der Waals surface area contributed by atoms with Crippen molar-refractivity contribution in [2.75, 3.05) is 0 Å². The number of aryl methyl sites for hydroxylation is 1. The number of aromatic nitrogens is 1. The lowest BCUT2D eigenvalue weighted by molar-refractivity contribution is 0.0951. The van der Waals surface area contributed by atoms with Crippen LogP contribution in [0.25, 0.3) is 11.1 Å². The maximum absolute atomic E-state index is 12.6. The fourth-order valence-electron chi connectivity index (χ4n) is 4.06. The van der Waals surface area contributed by atoms with Crippen molar-refractivity contribution in [3.05, 3.63) is 34.3 Å². The molecular weight excluding hydrogens is 266 g/mol. The molecule has 2 aromatic rings. The van der Waals surface area contributed by atoms with Gasteiger partial charge in [-0.3, -0.25) is 9.36 Å². The third kappa shape index (κ3) is 1.88. The Kier molecular flexibility index (Phi) is 2.81. The summed E-state index contributed by atoms with van der Waals surface area (Å²) in [5.74, 6) is 1.35. The highest BCUT2D eigenvalue weighted by molar-refractivity contribution is 6.02. The lowest BCUT2D eigenvalue weighted by Crippen LogP contribution is -2.13. The van der Waals surface area contributed by atoms with Crippen LogP contribution >= 0.6 is 0 Å². The summed E-state index contributed by atoms with van der Waals surface area (Å²) in [5.41, 5.74) is 2.01. The molecule has 2 unspecified atom stereocenters. The van der Waals surface area contributed by atoms with Crippen LogP contribution in [0.2, 0.25) is 0 Å². The molecule has 0 saturated heterocycles. The number of carbonyl (C=O) groups is 1. The molecule has 0 N–H and O–H groups in total. The molecule has 4 rings (SSSR count). The number of benzene rings is 1. The lowest BCUT2D eigenvalue weighted by atomic mass is 10.0. The van der Waals surface area contributed by atoms with Gasteiger partial charge >= 0.3 is 5.76 Å². The van der Waals surface area contributed by atoms with Crippen LogP contribution in [-0.2, 0) is 6.54 Å². The van der Waals surface area contributed by atoms with Crippen LogP contribution < -0.4 is 5.76 Å². The summed E-state index contributed by atoms with van der Waals surface area (Å²) >= 11 is 0. The fourth-order valence-corrected chi connectivity index (χ4v) is 4.06. The zero-order valence-electron chi connectivity index (χ0n) is 12.2.